The lowest BCUT2D eigenvalue weighted by Crippen LogP contribution is -2.35. The molecule has 0 atom stereocenters. The number of nitro groups is 1. The number of sulfonamides is 1. The van der Waals surface area contributed by atoms with E-state index in [1.165, 1.54) is 24.6 Å². The van der Waals surface area contributed by atoms with Crippen LogP contribution in [0.4, 0.5) is 17.1 Å². The normalized spacial score (nSPS) is 13.2. The first-order chi connectivity index (χ1) is 16.3. The standard InChI is InChI=1S/C22H21N3O7S2/c1-31-19-12-16(18(25(27)28)13-20(19)32-2)22(26)23-15-8-7-14-5-3-9-24(17(14)11-15)34(29,30)21-6-4-10-33-21/h4,6-8,10-13H,3,5,9H2,1-2H3,(H,23,26). The Bertz CT molecular complexity index is 1360. The van der Waals surface area contributed by atoms with Crippen molar-refractivity contribution in [3.63, 3.8) is 0 Å². The Morgan fingerprint density at radius 2 is 1.88 bits per heavy atom. The second-order valence-electron chi connectivity index (χ2n) is 7.39. The summed E-state index contributed by atoms with van der Waals surface area (Å²) in [6, 6.07) is 10.6. The first kappa shape index (κ1) is 23.5. The second-order valence-corrected chi connectivity index (χ2v) is 10.4. The van der Waals surface area contributed by atoms with Gasteiger partial charge in [0.25, 0.3) is 21.6 Å². The number of hydrogen-bond donors (Lipinski definition) is 1. The van der Waals surface area contributed by atoms with Crippen LogP contribution in [0.15, 0.2) is 52.1 Å². The molecule has 0 fully saturated rings. The van der Waals surface area contributed by atoms with Crippen LogP contribution in [0.2, 0.25) is 0 Å². The van der Waals surface area contributed by atoms with Gasteiger partial charge in [0.2, 0.25) is 0 Å². The number of carbonyl (C=O) groups is 1. The molecule has 1 amide bonds. The summed E-state index contributed by atoms with van der Waals surface area (Å²) in [5.74, 6) is -0.457. The zero-order valence-corrected chi connectivity index (χ0v) is 19.9. The molecule has 2 aromatic carbocycles. The molecule has 0 saturated heterocycles. The fourth-order valence-electron chi connectivity index (χ4n) is 3.79. The molecule has 0 spiro atoms. The minimum Gasteiger partial charge on any atom is -0.493 e. The molecule has 10 nitrogen and oxygen atoms in total. The predicted octanol–water partition coefficient (Wildman–Crippen LogP) is 4.07. The van der Waals surface area contributed by atoms with E-state index in [1.807, 2.05) is 0 Å². The van der Waals surface area contributed by atoms with E-state index in [2.05, 4.69) is 5.32 Å². The molecule has 1 aliphatic heterocycles. The first-order valence-corrected chi connectivity index (χ1v) is 12.5. The quantitative estimate of drug-likeness (QED) is 0.380. The van der Waals surface area contributed by atoms with Crippen LogP contribution in [-0.2, 0) is 16.4 Å². The molecule has 0 unspecified atom stereocenters. The van der Waals surface area contributed by atoms with Crippen LogP contribution in [0.5, 0.6) is 11.5 Å². The Balaban J connectivity index is 1.69. The van der Waals surface area contributed by atoms with Gasteiger partial charge in [-0.1, -0.05) is 12.1 Å². The number of hydrogen-bond acceptors (Lipinski definition) is 8. The Morgan fingerprint density at radius 1 is 1.15 bits per heavy atom. The molecule has 1 N–H and O–H groups in total. The summed E-state index contributed by atoms with van der Waals surface area (Å²) in [6.45, 7) is 0.311. The van der Waals surface area contributed by atoms with Crippen molar-refractivity contribution in [3.8, 4) is 11.5 Å². The van der Waals surface area contributed by atoms with Crippen molar-refractivity contribution in [3.05, 3.63) is 69.1 Å². The molecule has 0 radical (unpaired) electrons. The Labute approximate surface area is 199 Å². The van der Waals surface area contributed by atoms with Crippen LogP contribution in [0.3, 0.4) is 0 Å². The molecule has 2 heterocycles. The van der Waals surface area contributed by atoms with Gasteiger partial charge >= 0.3 is 0 Å². The lowest BCUT2D eigenvalue weighted by Gasteiger charge is -2.30. The Hall–Kier alpha value is -3.64. The number of nitrogens with one attached hydrogen (secondary N) is 1. The number of methoxy groups -OCH3 is 2. The van der Waals surface area contributed by atoms with Gasteiger partial charge in [-0.3, -0.25) is 19.2 Å². The van der Waals surface area contributed by atoms with Crippen LogP contribution in [0.1, 0.15) is 22.3 Å². The maximum atomic E-state index is 13.2. The summed E-state index contributed by atoms with van der Waals surface area (Å²) in [7, 11) is -1.05. The maximum Gasteiger partial charge on any atom is 0.286 e. The highest BCUT2D eigenvalue weighted by atomic mass is 32.2. The number of nitrogens with zero attached hydrogens (tertiary/aromatic N) is 2. The zero-order valence-electron chi connectivity index (χ0n) is 18.3. The average Bonchev–Trinajstić information content (AvgIpc) is 3.38. The molecule has 4 rings (SSSR count). The van der Waals surface area contributed by atoms with Crippen molar-refractivity contribution >= 4 is 44.3 Å². The van der Waals surface area contributed by atoms with E-state index in [0.717, 1.165) is 23.0 Å². The third-order valence-corrected chi connectivity index (χ3v) is 8.59. The van der Waals surface area contributed by atoms with Gasteiger partial charge in [0.15, 0.2) is 11.5 Å². The molecular formula is C22H21N3O7S2. The maximum absolute atomic E-state index is 13.2. The van der Waals surface area contributed by atoms with Crippen molar-refractivity contribution in [1.82, 2.24) is 0 Å². The molecule has 12 heteroatoms. The van der Waals surface area contributed by atoms with Crippen LogP contribution >= 0.6 is 11.3 Å². The minimum absolute atomic E-state index is 0.119. The number of anilines is 2. The van der Waals surface area contributed by atoms with E-state index in [1.54, 1.807) is 35.7 Å². The molecule has 34 heavy (non-hydrogen) atoms. The number of nitro benzene ring substituents is 1. The van der Waals surface area contributed by atoms with E-state index in [0.29, 0.717) is 30.8 Å². The lowest BCUT2D eigenvalue weighted by atomic mass is 10.0. The zero-order chi connectivity index (χ0) is 24.5. The van der Waals surface area contributed by atoms with Gasteiger partial charge in [0.05, 0.1) is 30.9 Å². The summed E-state index contributed by atoms with van der Waals surface area (Å²) in [5, 5.41) is 15.9. The van der Waals surface area contributed by atoms with E-state index in [-0.39, 0.29) is 21.3 Å². The number of ether oxygens (including phenoxy) is 2. The predicted molar refractivity (Wildman–Crippen MR) is 128 cm³/mol. The van der Waals surface area contributed by atoms with E-state index in [9.17, 15) is 23.3 Å². The third-order valence-electron chi connectivity index (χ3n) is 5.40. The average molecular weight is 504 g/mol. The van der Waals surface area contributed by atoms with Crippen molar-refractivity contribution < 1.29 is 27.6 Å². The highest BCUT2D eigenvalue weighted by Crippen LogP contribution is 2.37. The van der Waals surface area contributed by atoms with Crippen LogP contribution in [-0.4, -0.2) is 40.0 Å². The molecule has 1 aromatic heterocycles. The molecule has 1 aliphatic rings. The Kier molecular flexibility index (Phi) is 6.44. The number of aryl methyl sites for hydroxylation is 1. The summed E-state index contributed by atoms with van der Waals surface area (Å²) in [4.78, 5) is 23.9. The lowest BCUT2D eigenvalue weighted by molar-refractivity contribution is -0.385. The smallest absolute Gasteiger partial charge is 0.286 e. The summed E-state index contributed by atoms with van der Waals surface area (Å²) in [6.07, 6.45) is 1.36. The molecule has 178 valence electrons. The number of rotatable bonds is 7. The number of thiophene rings is 1. The van der Waals surface area contributed by atoms with E-state index >= 15 is 0 Å². The van der Waals surface area contributed by atoms with Crippen molar-refractivity contribution in [2.45, 2.75) is 17.1 Å². The molecular weight excluding hydrogens is 482 g/mol. The summed E-state index contributed by atoms with van der Waals surface area (Å²) >= 11 is 1.14. The van der Waals surface area contributed by atoms with Crippen molar-refractivity contribution in [2.24, 2.45) is 0 Å². The van der Waals surface area contributed by atoms with Crippen molar-refractivity contribution in [1.29, 1.82) is 0 Å². The number of fused-ring (bicyclic) bond motifs is 1. The SMILES string of the molecule is COc1cc(C(=O)Nc2ccc3c(c2)N(S(=O)(=O)c2cccs2)CCC3)c([N+](=O)[O-])cc1OC. The molecule has 0 bridgehead atoms. The topological polar surface area (TPSA) is 128 Å². The second kappa shape index (κ2) is 9.31. The highest BCUT2D eigenvalue weighted by molar-refractivity contribution is 7.94. The van der Waals surface area contributed by atoms with Gasteiger partial charge < -0.3 is 14.8 Å². The number of carbonyl (C=O) groups excluding carboxylic acids is 1. The van der Waals surface area contributed by atoms with Gasteiger partial charge in [-0.2, -0.15) is 0 Å². The largest absolute Gasteiger partial charge is 0.493 e. The van der Waals surface area contributed by atoms with Gasteiger partial charge in [0.1, 0.15) is 9.77 Å². The summed E-state index contributed by atoms with van der Waals surface area (Å²) < 4.78 is 38.2. The number of amides is 1. The van der Waals surface area contributed by atoms with Gasteiger partial charge in [-0.15, -0.1) is 11.3 Å². The van der Waals surface area contributed by atoms with Crippen LogP contribution < -0.4 is 19.1 Å². The van der Waals surface area contributed by atoms with E-state index < -0.39 is 26.5 Å². The highest BCUT2D eigenvalue weighted by Gasteiger charge is 2.30. The third kappa shape index (κ3) is 4.29. The van der Waals surface area contributed by atoms with Crippen LogP contribution in [0, 0.1) is 10.1 Å². The molecule has 0 saturated carbocycles. The van der Waals surface area contributed by atoms with Gasteiger partial charge in [-0.05, 0) is 42.0 Å². The number of benzene rings is 2. The van der Waals surface area contributed by atoms with Gasteiger partial charge in [0, 0.05) is 18.3 Å². The first-order valence-electron chi connectivity index (χ1n) is 10.2. The fraction of sp³-hybridized carbons (Fsp3) is 0.227. The van der Waals surface area contributed by atoms with Crippen molar-refractivity contribution in [2.75, 3.05) is 30.4 Å². The molecule has 3 aromatic rings. The monoisotopic (exact) mass is 503 g/mol. The fourth-order valence-corrected chi connectivity index (χ4v) is 6.42. The Morgan fingerprint density at radius 3 is 2.53 bits per heavy atom. The van der Waals surface area contributed by atoms with Crippen LogP contribution in [0.25, 0.3) is 0 Å². The minimum atomic E-state index is -3.74. The summed E-state index contributed by atoms with van der Waals surface area (Å²) in [5.41, 5.74) is 0.945. The molecule has 0 aliphatic carbocycles. The van der Waals surface area contributed by atoms with E-state index in [4.69, 9.17) is 9.47 Å². The van der Waals surface area contributed by atoms with Gasteiger partial charge in [-0.25, -0.2) is 8.42 Å².